The van der Waals surface area contributed by atoms with Gasteiger partial charge in [-0.25, -0.2) is 0 Å². The molecule has 0 fully saturated rings. The quantitative estimate of drug-likeness (QED) is 0.729. The molecule has 1 N–H and O–H groups in total. The second kappa shape index (κ2) is 8.64. The molecule has 2 rings (SSSR count). The van der Waals surface area contributed by atoms with Crippen LogP contribution in [-0.4, -0.2) is 19.8 Å². The van der Waals surface area contributed by atoms with E-state index in [1.54, 1.807) is 0 Å². The molecule has 0 aromatic heterocycles. The first-order valence-corrected chi connectivity index (χ1v) is 8.75. The van der Waals surface area contributed by atoms with Gasteiger partial charge in [-0.05, 0) is 52.5 Å². The van der Waals surface area contributed by atoms with E-state index in [4.69, 9.17) is 9.47 Å². The zero-order valence-corrected chi connectivity index (χ0v) is 14.7. The van der Waals surface area contributed by atoms with E-state index in [0.29, 0.717) is 0 Å². The Bertz CT molecular complexity index is 449. The van der Waals surface area contributed by atoms with E-state index in [0.717, 1.165) is 54.6 Å². The number of hydrogen-bond donors (Lipinski definition) is 1. The van der Waals surface area contributed by atoms with E-state index in [-0.39, 0.29) is 0 Å². The van der Waals surface area contributed by atoms with Gasteiger partial charge in [-0.3, -0.25) is 0 Å². The third kappa shape index (κ3) is 5.51. The number of nitrogens with one attached hydrogen (secondary N) is 1. The van der Waals surface area contributed by atoms with Crippen molar-refractivity contribution < 1.29 is 9.47 Å². The topological polar surface area (TPSA) is 30.5 Å². The minimum Gasteiger partial charge on any atom is -0.490 e. The lowest BCUT2D eigenvalue weighted by Crippen LogP contribution is -2.15. The molecule has 0 bridgehead atoms. The fourth-order valence-electron chi connectivity index (χ4n) is 2.42. The second-order valence-electron chi connectivity index (χ2n) is 6.02. The van der Waals surface area contributed by atoms with Crippen molar-refractivity contribution in [1.82, 2.24) is 5.32 Å². The van der Waals surface area contributed by atoms with E-state index < -0.39 is 0 Å². The smallest absolute Gasteiger partial charge is 0.175 e. The van der Waals surface area contributed by atoms with Crippen molar-refractivity contribution in [3.05, 3.63) is 22.2 Å². The van der Waals surface area contributed by atoms with Crippen LogP contribution in [0, 0.1) is 5.92 Å². The summed E-state index contributed by atoms with van der Waals surface area (Å²) in [7, 11) is 0. The summed E-state index contributed by atoms with van der Waals surface area (Å²) in [6, 6.07) is 4.21. The van der Waals surface area contributed by atoms with E-state index >= 15 is 0 Å². The van der Waals surface area contributed by atoms with Crippen LogP contribution in [0.4, 0.5) is 0 Å². The van der Waals surface area contributed by atoms with Gasteiger partial charge in [-0.15, -0.1) is 0 Å². The molecule has 1 aliphatic heterocycles. The van der Waals surface area contributed by atoms with Crippen LogP contribution in [0.25, 0.3) is 0 Å². The summed E-state index contributed by atoms with van der Waals surface area (Å²) < 4.78 is 12.5. The van der Waals surface area contributed by atoms with Gasteiger partial charge in [0.15, 0.2) is 11.5 Å². The van der Waals surface area contributed by atoms with Crippen molar-refractivity contribution in [2.45, 2.75) is 46.1 Å². The number of unbranched alkanes of at least 4 members (excludes halogenated alkanes) is 1. The van der Waals surface area contributed by atoms with Crippen molar-refractivity contribution in [2.75, 3.05) is 19.8 Å². The monoisotopic (exact) mass is 355 g/mol. The number of halogens is 1. The van der Waals surface area contributed by atoms with E-state index in [9.17, 15) is 0 Å². The Kier molecular flexibility index (Phi) is 6.84. The number of rotatable bonds is 7. The molecule has 21 heavy (non-hydrogen) atoms. The van der Waals surface area contributed by atoms with Gasteiger partial charge >= 0.3 is 0 Å². The highest BCUT2D eigenvalue weighted by Gasteiger charge is 2.15. The summed E-state index contributed by atoms with van der Waals surface area (Å²) in [4.78, 5) is 0. The summed E-state index contributed by atoms with van der Waals surface area (Å²) in [6.07, 6.45) is 4.79. The Morgan fingerprint density at radius 1 is 1.19 bits per heavy atom. The minimum atomic E-state index is 0.721. The lowest BCUT2D eigenvalue weighted by molar-refractivity contribution is 0.296. The number of hydrogen-bond acceptors (Lipinski definition) is 3. The molecule has 1 aromatic rings. The van der Waals surface area contributed by atoms with Crippen LogP contribution in [0.3, 0.4) is 0 Å². The molecule has 0 saturated carbocycles. The molecule has 118 valence electrons. The number of ether oxygens (including phenoxy) is 2. The van der Waals surface area contributed by atoms with Crippen LogP contribution >= 0.6 is 15.9 Å². The molecule has 0 atom stereocenters. The second-order valence-corrected chi connectivity index (χ2v) is 6.88. The molecule has 0 aliphatic carbocycles. The maximum Gasteiger partial charge on any atom is 0.175 e. The van der Waals surface area contributed by atoms with Crippen LogP contribution in [0.2, 0.25) is 0 Å². The largest absolute Gasteiger partial charge is 0.490 e. The Labute approximate surface area is 136 Å². The fraction of sp³-hybridized carbons (Fsp3) is 0.647. The highest BCUT2D eigenvalue weighted by Crippen LogP contribution is 2.38. The molecule has 0 unspecified atom stereocenters. The van der Waals surface area contributed by atoms with Gasteiger partial charge in [0.05, 0.1) is 17.7 Å². The molecule has 1 aromatic carbocycles. The Morgan fingerprint density at radius 3 is 2.81 bits per heavy atom. The third-order valence-corrected chi connectivity index (χ3v) is 4.17. The number of benzene rings is 1. The molecule has 0 radical (unpaired) electrons. The SMILES string of the molecule is CC(C)CCCCNCc1cc(Br)c2c(c1)OCCCO2. The van der Waals surface area contributed by atoms with E-state index in [1.807, 2.05) is 0 Å². The van der Waals surface area contributed by atoms with Crippen molar-refractivity contribution in [1.29, 1.82) is 0 Å². The highest BCUT2D eigenvalue weighted by molar-refractivity contribution is 9.10. The van der Waals surface area contributed by atoms with Crippen molar-refractivity contribution >= 4 is 15.9 Å². The van der Waals surface area contributed by atoms with Gasteiger partial charge < -0.3 is 14.8 Å². The van der Waals surface area contributed by atoms with Gasteiger partial charge in [-0.1, -0.05) is 26.7 Å². The standard InChI is InChI=1S/C17H26BrNO2/c1-13(2)6-3-4-7-19-12-14-10-15(18)17-16(11-14)20-8-5-9-21-17/h10-11,13,19H,3-9,12H2,1-2H3. The lowest BCUT2D eigenvalue weighted by atomic mass is 10.1. The van der Waals surface area contributed by atoms with Crippen LogP contribution < -0.4 is 14.8 Å². The molecule has 0 saturated heterocycles. The zero-order chi connectivity index (χ0) is 15.1. The molecular formula is C17H26BrNO2. The first-order chi connectivity index (χ1) is 10.2. The molecule has 1 aliphatic rings. The molecule has 0 spiro atoms. The highest BCUT2D eigenvalue weighted by atomic mass is 79.9. The van der Waals surface area contributed by atoms with Gasteiger partial charge in [0.25, 0.3) is 0 Å². The summed E-state index contributed by atoms with van der Waals surface area (Å²) >= 11 is 3.58. The first kappa shape index (κ1) is 16.6. The summed E-state index contributed by atoms with van der Waals surface area (Å²) in [5, 5.41) is 3.51. The first-order valence-electron chi connectivity index (χ1n) is 7.95. The maximum atomic E-state index is 5.76. The van der Waals surface area contributed by atoms with Gasteiger partial charge in [0, 0.05) is 13.0 Å². The summed E-state index contributed by atoms with van der Waals surface area (Å²) in [6.45, 7) is 7.95. The Balaban J connectivity index is 1.81. The van der Waals surface area contributed by atoms with E-state index in [1.165, 1.54) is 24.8 Å². The maximum absolute atomic E-state index is 5.76. The van der Waals surface area contributed by atoms with Crippen molar-refractivity contribution in [2.24, 2.45) is 5.92 Å². The molecule has 3 nitrogen and oxygen atoms in total. The fourth-order valence-corrected chi connectivity index (χ4v) is 3.03. The Morgan fingerprint density at radius 2 is 2.00 bits per heavy atom. The van der Waals surface area contributed by atoms with Gasteiger partial charge in [0.1, 0.15) is 0 Å². The molecule has 4 heteroatoms. The van der Waals surface area contributed by atoms with Crippen LogP contribution in [-0.2, 0) is 6.54 Å². The Hall–Kier alpha value is -0.740. The predicted octanol–water partition coefficient (Wildman–Crippen LogP) is 4.53. The van der Waals surface area contributed by atoms with Crippen molar-refractivity contribution in [3.63, 3.8) is 0 Å². The molecule has 0 amide bonds. The molecule has 1 heterocycles. The minimum absolute atomic E-state index is 0.721. The summed E-state index contributed by atoms with van der Waals surface area (Å²) in [5.74, 6) is 2.51. The average Bonchev–Trinajstić information content (AvgIpc) is 2.68. The normalized spacial score (nSPS) is 14.3. The average molecular weight is 356 g/mol. The number of fused-ring (bicyclic) bond motifs is 1. The molecular weight excluding hydrogens is 330 g/mol. The van der Waals surface area contributed by atoms with Gasteiger partial charge in [0.2, 0.25) is 0 Å². The van der Waals surface area contributed by atoms with Crippen LogP contribution in [0.15, 0.2) is 16.6 Å². The van der Waals surface area contributed by atoms with Gasteiger partial charge in [-0.2, -0.15) is 0 Å². The zero-order valence-electron chi connectivity index (χ0n) is 13.1. The third-order valence-electron chi connectivity index (χ3n) is 3.58. The predicted molar refractivity (Wildman–Crippen MR) is 90.1 cm³/mol. The van der Waals surface area contributed by atoms with E-state index in [2.05, 4.69) is 47.2 Å². The summed E-state index contributed by atoms with van der Waals surface area (Å²) in [5.41, 5.74) is 1.23. The van der Waals surface area contributed by atoms with Crippen LogP contribution in [0.1, 0.15) is 45.1 Å². The lowest BCUT2D eigenvalue weighted by Gasteiger charge is -2.12. The van der Waals surface area contributed by atoms with Crippen molar-refractivity contribution in [3.8, 4) is 11.5 Å². The van der Waals surface area contributed by atoms with Crippen LogP contribution in [0.5, 0.6) is 11.5 Å².